The molecule has 6 heteroatoms. The Labute approximate surface area is 265 Å². The third-order valence-electron chi connectivity index (χ3n) is 6.66. The van der Waals surface area contributed by atoms with E-state index in [0.29, 0.717) is 17.4 Å². The number of allylic oxidation sites excluding steroid dienone is 2. The predicted molar refractivity (Wildman–Crippen MR) is 170 cm³/mol. The number of nitrogens with zero attached hydrogens (tertiary/aromatic N) is 2. The molecule has 2 heterocycles. The van der Waals surface area contributed by atoms with Crippen LogP contribution in [0.5, 0.6) is 0 Å². The summed E-state index contributed by atoms with van der Waals surface area (Å²) in [6, 6.07) is 34.7. The summed E-state index contributed by atoms with van der Waals surface area (Å²) in [6.45, 7) is 7.35. The normalized spacial score (nSPS) is 11.2. The first-order chi connectivity index (χ1) is 20.3. The molecule has 6 rings (SSSR count). The number of oxazole rings is 1. The fraction of sp³-hybridized carbons (Fsp3) is 0.162. The molecule has 5 nitrogen and oxygen atoms in total. The SMILES string of the molecule is CC(=O)/C=C(/C)O.CC(C)Cc1ccc2c(-c3[c-]c4oc(-c5ccccc5)nc4c(-c4ccccc4)c3)nccc2c1.[Ir]. The number of pyridine rings is 1. The minimum atomic E-state index is -0.125. The number of fused-ring (bicyclic) bond motifs is 2. The van der Waals surface area contributed by atoms with E-state index in [2.05, 4.69) is 62.4 Å². The van der Waals surface area contributed by atoms with Crippen LogP contribution in [0.1, 0.15) is 33.3 Å². The minimum absolute atomic E-state index is 0. The summed E-state index contributed by atoms with van der Waals surface area (Å²) < 4.78 is 6.26. The summed E-state index contributed by atoms with van der Waals surface area (Å²) in [5, 5.41) is 10.7. The van der Waals surface area contributed by atoms with Crippen molar-refractivity contribution in [2.75, 3.05) is 0 Å². The number of aromatic nitrogens is 2. The smallest absolute Gasteiger partial charge is 0.215 e. The second kappa shape index (κ2) is 14.2. The first-order valence-corrected chi connectivity index (χ1v) is 14.0. The van der Waals surface area contributed by atoms with E-state index >= 15 is 0 Å². The van der Waals surface area contributed by atoms with Crippen LogP contribution >= 0.6 is 0 Å². The summed E-state index contributed by atoms with van der Waals surface area (Å²) in [7, 11) is 0. The van der Waals surface area contributed by atoms with Crippen molar-refractivity contribution in [2.45, 2.75) is 34.1 Å². The number of hydrogen-bond donors (Lipinski definition) is 1. The molecule has 0 atom stereocenters. The van der Waals surface area contributed by atoms with Crippen molar-refractivity contribution < 1.29 is 34.4 Å². The minimum Gasteiger partial charge on any atom is -0.512 e. The van der Waals surface area contributed by atoms with E-state index in [-0.39, 0.29) is 31.6 Å². The van der Waals surface area contributed by atoms with Gasteiger partial charge in [0.1, 0.15) is 0 Å². The van der Waals surface area contributed by atoms with Gasteiger partial charge in [-0.25, -0.2) is 0 Å². The fourth-order valence-corrected chi connectivity index (χ4v) is 4.96. The molecule has 0 spiro atoms. The van der Waals surface area contributed by atoms with Gasteiger partial charge in [-0.2, -0.15) is 0 Å². The number of aliphatic hydroxyl groups is 1. The van der Waals surface area contributed by atoms with Crippen LogP contribution in [0.3, 0.4) is 0 Å². The van der Waals surface area contributed by atoms with Crippen molar-refractivity contribution >= 4 is 27.7 Å². The molecule has 1 radical (unpaired) electrons. The number of hydrogen-bond acceptors (Lipinski definition) is 5. The third-order valence-corrected chi connectivity index (χ3v) is 6.66. The number of rotatable bonds is 6. The van der Waals surface area contributed by atoms with E-state index in [1.165, 1.54) is 30.9 Å². The molecular weight excluding hydrogens is 713 g/mol. The van der Waals surface area contributed by atoms with Crippen molar-refractivity contribution in [2.24, 2.45) is 5.92 Å². The quantitative estimate of drug-likeness (QED) is 0.105. The van der Waals surface area contributed by atoms with Gasteiger partial charge in [0.15, 0.2) is 5.78 Å². The molecule has 0 unspecified atom stereocenters. The van der Waals surface area contributed by atoms with Gasteiger partial charge in [-0.05, 0) is 72.0 Å². The molecular formula is C37H33IrN2O3-. The first-order valence-electron chi connectivity index (χ1n) is 14.0. The summed E-state index contributed by atoms with van der Waals surface area (Å²) in [5.74, 6) is 1.14. The number of carbonyl (C=O) groups excluding carboxylic acids is 1. The van der Waals surface area contributed by atoms with Crippen LogP contribution in [-0.4, -0.2) is 20.9 Å². The largest absolute Gasteiger partial charge is 0.512 e. The summed E-state index contributed by atoms with van der Waals surface area (Å²) in [5.41, 5.74) is 7.62. The predicted octanol–water partition coefficient (Wildman–Crippen LogP) is 9.41. The van der Waals surface area contributed by atoms with Gasteiger partial charge in [-0.1, -0.05) is 92.2 Å². The number of benzene rings is 4. The van der Waals surface area contributed by atoms with Crippen LogP contribution in [-0.2, 0) is 31.3 Å². The summed E-state index contributed by atoms with van der Waals surface area (Å²) in [4.78, 5) is 19.7. The van der Waals surface area contributed by atoms with E-state index < -0.39 is 0 Å². The van der Waals surface area contributed by atoms with Gasteiger partial charge in [0.05, 0.1) is 11.3 Å². The van der Waals surface area contributed by atoms with Gasteiger partial charge < -0.3 is 14.5 Å². The van der Waals surface area contributed by atoms with E-state index in [4.69, 9.17) is 19.5 Å². The van der Waals surface area contributed by atoms with Gasteiger partial charge in [0, 0.05) is 43.5 Å². The molecule has 0 aliphatic carbocycles. The molecule has 2 aromatic heterocycles. The molecule has 0 saturated heterocycles. The second-order valence-corrected chi connectivity index (χ2v) is 10.7. The maximum atomic E-state index is 10.0. The number of ketones is 1. The average molecular weight is 746 g/mol. The van der Waals surface area contributed by atoms with E-state index in [9.17, 15) is 4.79 Å². The van der Waals surface area contributed by atoms with E-state index in [0.717, 1.165) is 45.3 Å². The fourth-order valence-electron chi connectivity index (χ4n) is 4.96. The molecule has 0 aliphatic rings. The molecule has 0 saturated carbocycles. The zero-order valence-electron chi connectivity index (χ0n) is 24.6. The van der Waals surface area contributed by atoms with Crippen molar-refractivity contribution in [1.29, 1.82) is 0 Å². The Balaban J connectivity index is 0.000000475. The Morgan fingerprint density at radius 2 is 1.60 bits per heavy atom. The molecule has 4 aromatic carbocycles. The zero-order valence-corrected chi connectivity index (χ0v) is 27.0. The molecule has 0 fully saturated rings. The van der Waals surface area contributed by atoms with Crippen molar-refractivity contribution in [1.82, 2.24) is 9.97 Å². The third kappa shape index (κ3) is 7.72. The molecule has 6 aromatic rings. The monoisotopic (exact) mass is 746 g/mol. The molecule has 1 N–H and O–H groups in total. The Bertz CT molecular complexity index is 1870. The van der Waals surface area contributed by atoms with E-state index in [1.54, 1.807) is 0 Å². The van der Waals surface area contributed by atoms with Crippen molar-refractivity contribution in [3.63, 3.8) is 0 Å². The summed E-state index contributed by atoms with van der Waals surface area (Å²) in [6.07, 6.45) is 4.11. The van der Waals surface area contributed by atoms with Gasteiger partial charge >= 0.3 is 0 Å². The maximum Gasteiger partial charge on any atom is 0.215 e. The van der Waals surface area contributed by atoms with Gasteiger partial charge in [0.25, 0.3) is 0 Å². The Hall–Kier alpha value is -4.38. The van der Waals surface area contributed by atoms with Crippen molar-refractivity contribution in [3.8, 4) is 33.8 Å². The van der Waals surface area contributed by atoms with Gasteiger partial charge in [-0.15, -0.1) is 11.6 Å². The maximum absolute atomic E-state index is 10.0. The molecule has 0 amide bonds. The Morgan fingerprint density at radius 3 is 2.21 bits per heavy atom. The molecule has 43 heavy (non-hydrogen) atoms. The first kappa shape index (κ1) is 31.6. The van der Waals surface area contributed by atoms with Crippen LogP contribution in [0, 0.1) is 12.0 Å². The second-order valence-electron chi connectivity index (χ2n) is 10.7. The van der Waals surface area contributed by atoms with Crippen LogP contribution in [0.15, 0.2) is 113 Å². The summed E-state index contributed by atoms with van der Waals surface area (Å²) >= 11 is 0. The molecule has 0 bridgehead atoms. The van der Waals surface area contributed by atoms with E-state index in [1.807, 2.05) is 54.7 Å². The van der Waals surface area contributed by atoms with Gasteiger partial charge in [0.2, 0.25) is 5.89 Å². The van der Waals surface area contributed by atoms with Crippen LogP contribution in [0.2, 0.25) is 0 Å². The van der Waals surface area contributed by atoms with Crippen molar-refractivity contribution in [3.05, 3.63) is 121 Å². The Morgan fingerprint density at radius 1 is 0.930 bits per heavy atom. The molecule has 0 aliphatic heterocycles. The number of carbonyl (C=O) groups is 1. The number of aliphatic hydroxyl groups excluding tert-OH is 1. The average Bonchev–Trinajstić information content (AvgIpc) is 3.41. The van der Waals surface area contributed by atoms with Crippen LogP contribution < -0.4 is 0 Å². The zero-order chi connectivity index (χ0) is 29.6. The Kier molecular flexibility index (Phi) is 10.4. The standard InChI is InChI=1S/C32H25N2O.C5H8O2.Ir/c1-21(2)17-22-13-14-27-25(18-22)15-16-33-30(27)26-19-28(23-9-5-3-6-10-23)31-29(20-26)35-32(34-31)24-11-7-4-8-12-24;1-4(6)3-5(2)7;/h3-16,18-19,21H,17H2,1-2H3;3,6H,1-2H3;/q-1;;/b;4-3-;. The molecule has 219 valence electrons. The van der Waals surface area contributed by atoms with Crippen LogP contribution in [0.4, 0.5) is 0 Å². The topological polar surface area (TPSA) is 76.2 Å². The van der Waals surface area contributed by atoms with Crippen LogP contribution in [0.25, 0.3) is 55.7 Å². The van der Waals surface area contributed by atoms with Gasteiger partial charge in [-0.3, -0.25) is 9.78 Å².